The van der Waals surface area contributed by atoms with E-state index in [1.807, 2.05) is 0 Å². The van der Waals surface area contributed by atoms with E-state index in [1.54, 1.807) is 19.1 Å². The van der Waals surface area contributed by atoms with E-state index in [2.05, 4.69) is 17.5 Å². The molecule has 1 N–H and O–H groups in total. The second kappa shape index (κ2) is 13.0. The van der Waals surface area contributed by atoms with E-state index in [9.17, 15) is 14.9 Å². The lowest BCUT2D eigenvalue weighted by Crippen LogP contribution is -2.18. The third-order valence-electron chi connectivity index (χ3n) is 4.35. The lowest BCUT2D eigenvalue weighted by Gasteiger charge is -2.04. The smallest absolute Gasteiger partial charge is 0.269 e. The molecule has 1 aromatic rings. The molecule has 0 spiro atoms. The van der Waals surface area contributed by atoms with Gasteiger partial charge >= 0.3 is 0 Å². The van der Waals surface area contributed by atoms with Crippen molar-refractivity contribution >= 4 is 17.3 Å². The van der Waals surface area contributed by atoms with E-state index >= 15 is 0 Å². The van der Waals surface area contributed by atoms with Crippen molar-refractivity contribution in [2.24, 2.45) is 5.10 Å². The minimum atomic E-state index is -0.441. The fraction of sp³-hybridized carbons (Fsp3) is 0.600. The van der Waals surface area contributed by atoms with Crippen molar-refractivity contribution in [3.05, 3.63) is 39.9 Å². The third kappa shape index (κ3) is 9.30. The Balaban J connectivity index is 2.18. The molecule has 26 heavy (non-hydrogen) atoms. The van der Waals surface area contributed by atoms with Gasteiger partial charge in [-0.15, -0.1) is 0 Å². The Labute approximate surface area is 156 Å². The Morgan fingerprint density at radius 2 is 1.54 bits per heavy atom. The van der Waals surface area contributed by atoms with Crippen molar-refractivity contribution in [3.63, 3.8) is 0 Å². The normalized spacial score (nSPS) is 11.4. The summed E-state index contributed by atoms with van der Waals surface area (Å²) in [4.78, 5) is 22.0. The number of nitro benzene ring substituents is 1. The first-order valence-electron chi connectivity index (χ1n) is 9.62. The predicted molar refractivity (Wildman–Crippen MR) is 105 cm³/mol. The summed E-state index contributed by atoms with van der Waals surface area (Å²) in [5.74, 6) is -0.0887. The number of carbonyl (C=O) groups excluding carboxylic acids is 1. The van der Waals surface area contributed by atoms with Crippen molar-refractivity contribution in [1.82, 2.24) is 5.43 Å². The number of unbranched alkanes of at least 4 members (excludes halogenated alkanes) is 8. The summed E-state index contributed by atoms with van der Waals surface area (Å²) < 4.78 is 0. The van der Waals surface area contributed by atoms with Crippen LogP contribution in [0.2, 0.25) is 0 Å². The van der Waals surface area contributed by atoms with Crippen LogP contribution in [0, 0.1) is 10.1 Å². The number of rotatable bonds is 13. The van der Waals surface area contributed by atoms with Gasteiger partial charge in [0.05, 0.1) is 10.6 Å². The number of nitro groups is 1. The van der Waals surface area contributed by atoms with Gasteiger partial charge in [-0.2, -0.15) is 5.10 Å². The molecule has 0 aliphatic heterocycles. The standard InChI is InChI=1S/C20H31N3O3/c1-3-4-5-6-7-8-9-10-11-12-20(24)22-21-17(2)18-13-15-19(16-14-18)23(25)26/h13-16H,3-12H2,1-2H3,(H,22,24). The average molecular weight is 361 g/mol. The highest BCUT2D eigenvalue weighted by Gasteiger charge is 2.06. The predicted octanol–water partition coefficient (Wildman–Crippen LogP) is 5.36. The zero-order chi connectivity index (χ0) is 19.2. The summed E-state index contributed by atoms with van der Waals surface area (Å²) in [6, 6.07) is 6.12. The Bertz CT molecular complexity index is 582. The fourth-order valence-electron chi connectivity index (χ4n) is 2.69. The van der Waals surface area contributed by atoms with Crippen LogP contribution in [-0.2, 0) is 4.79 Å². The number of hydrogen-bond acceptors (Lipinski definition) is 4. The average Bonchev–Trinajstić information content (AvgIpc) is 2.64. The molecule has 0 atom stereocenters. The van der Waals surface area contributed by atoms with Gasteiger partial charge < -0.3 is 0 Å². The highest BCUT2D eigenvalue weighted by molar-refractivity contribution is 5.99. The molecule has 0 heterocycles. The Hall–Kier alpha value is -2.24. The molecule has 0 fully saturated rings. The number of hydrazone groups is 1. The molecular formula is C20H31N3O3. The van der Waals surface area contributed by atoms with Crippen molar-refractivity contribution in [2.75, 3.05) is 0 Å². The maximum Gasteiger partial charge on any atom is 0.269 e. The lowest BCUT2D eigenvalue weighted by atomic mass is 10.1. The van der Waals surface area contributed by atoms with Gasteiger partial charge in [-0.05, 0) is 31.0 Å². The summed E-state index contributed by atoms with van der Waals surface area (Å²) >= 11 is 0. The minimum Gasteiger partial charge on any atom is -0.273 e. The molecule has 1 amide bonds. The van der Waals surface area contributed by atoms with Gasteiger partial charge in [-0.25, -0.2) is 5.43 Å². The topological polar surface area (TPSA) is 84.6 Å². The minimum absolute atomic E-state index is 0.0379. The van der Waals surface area contributed by atoms with Crippen molar-refractivity contribution in [2.45, 2.75) is 78.1 Å². The number of hydrogen-bond donors (Lipinski definition) is 1. The molecule has 6 nitrogen and oxygen atoms in total. The van der Waals surface area contributed by atoms with Crippen LogP contribution in [0.15, 0.2) is 29.4 Å². The maximum atomic E-state index is 11.8. The summed E-state index contributed by atoms with van der Waals surface area (Å²) in [6.45, 7) is 3.99. The number of nitrogens with zero attached hydrogens (tertiary/aromatic N) is 2. The first-order valence-corrected chi connectivity index (χ1v) is 9.62. The molecule has 0 unspecified atom stereocenters. The number of amides is 1. The monoisotopic (exact) mass is 361 g/mol. The number of benzene rings is 1. The van der Waals surface area contributed by atoms with Crippen molar-refractivity contribution in [1.29, 1.82) is 0 Å². The van der Waals surface area contributed by atoms with Crippen LogP contribution in [-0.4, -0.2) is 16.5 Å². The zero-order valence-electron chi connectivity index (χ0n) is 16.0. The molecule has 1 aromatic carbocycles. The molecule has 6 heteroatoms. The van der Waals surface area contributed by atoms with Crippen molar-refractivity contribution < 1.29 is 9.72 Å². The lowest BCUT2D eigenvalue weighted by molar-refractivity contribution is -0.384. The molecule has 0 aliphatic rings. The fourth-order valence-corrected chi connectivity index (χ4v) is 2.69. The third-order valence-corrected chi connectivity index (χ3v) is 4.35. The van der Waals surface area contributed by atoms with Gasteiger partial charge in [0, 0.05) is 18.6 Å². The van der Waals surface area contributed by atoms with Gasteiger partial charge in [-0.3, -0.25) is 14.9 Å². The number of carbonyl (C=O) groups is 1. The molecule has 0 bridgehead atoms. The Morgan fingerprint density at radius 3 is 2.08 bits per heavy atom. The van der Waals surface area contributed by atoms with Crippen LogP contribution in [0.1, 0.15) is 83.6 Å². The maximum absolute atomic E-state index is 11.8. The van der Waals surface area contributed by atoms with Crippen molar-refractivity contribution in [3.8, 4) is 0 Å². The van der Waals surface area contributed by atoms with Crippen LogP contribution in [0.4, 0.5) is 5.69 Å². The zero-order valence-corrected chi connectivity index (χ0v) is 16.0. The van der Waals surface area contributed by atoms with E-state index in [0.717, 1.165) is 18.4 Å². The van der Waals surface area contributed by atoms with Gasteiger partial charge in [0.15, 0.2) is 0 Å². The SMILES string of the molecule is CCCCCCCCCCCC(=O)NN=C(C)c1ccc([N+](=O)[O-])cc1. The first-order chi connectivity index (χ1) is 12.5. The highest BCUT2D eigenvalue weighted by Crippen LogP contribution is 2.13. The van der Waals surface area contributed by atoms with E-state index in [-0.39, 0.29) is 11.6 Å². The van der Waals surface area contributed by atoms with Gasteiger partial charge in [-0.1, -0.05) is 58.3 Å². The molecule has 0 saturated heterocycles. The number of nitrogens with one attached hydrogen (secondary N) is 1. The first kappa shape index (κ1) is 21.8. The molecule has 0 radical (unpaired) electrons. The molecule has 0 aliphatic carbocycles. The second-order valence-corrected chi connectivity index (χ2v) is 6.61. The van der Waals surface area contributed by atoms with Crippen LogP contribution < -0.4 is 5.43 Å². The summed E-state index contributed by atoms with van der Waals surface area (Å²) in [7, 11) is 0. The van der Waals surface area contributed by atoms with Gasteiger partial charge in [0.1, 0.15) is 0 Å². The quantitative estimate of drug-likeness (QED) is 0.222. The molecular weight excluding hydrogens is 330 g/mol. The Morgan fingerprint density at radius 1 is 1.00 bits per heavy atom. The summed E-state index contributed by atoms with van der Waals surface area (Å²) in [5.41, 5.74) is 3.97. The van der Waals surface area contributed by atoms with E-state index in [0.29, 0.717) is 12.1 Å². The van der Waals surface area contributed by atoms with Gasteiger partial charge in [0.2, 0.25) is 5.91 Å². The summed E-state index contributed by atoms with van der Waals surface area (Å²) in [5, 5.41) is 14.7. The van der Waals surface area contributed by atoms with E-state index in [1.165, 1.54) is 57.1 Å². The van der Waals surface area contributed by atoms with Crippen LogP contribution in [0.3, 0.4) is 0 Å². The van der Waals surface area contributed by atoms with E-state index in [4.69, 9.17) is 0 Å². The molecule has 0 saturated carbocycles. The second-order valence-electron chi connectivity index (χ2n) is 6.61. The highest BCUT2D eigenvalue weighted by atomic mass is 16.6. The number of non-ortho nitro benzene ring substituents is 1. The van der Waals surface area contributed by atoms with Crippen LogP contribution in [0.5, 0.6) is 0 Å². The Kier molecular flexibility index (Phi) is 10.9. The molecule has 144 valence electrons. The summed E-state index contributed by atoms with van der Waals surface area (Å²) in [6.07, 6.45) is 11.4. The largest absolute Gasteiger partial charge is 0.273 e. The van der Waals surface area contributed by atoms with Crippen LogP contribution in [0.25, 0.3) is 0 Å². The molecule has 0 aromatic heterocycles. The van der Waals surface area contributed by atoms with E-state index < -0.39 is 4.92 Å². The van der Waals surface area contributed by atoms with Gasteiger partial charge in [0.25, 0.3) is 5.69 Å². The molecule has 1 rings (SSSR count). The van der Waals surface area contributed by atoms with Crippen LogP contribution >= 0.6 is 0 Å².